The second-order valence-electron chi connectivity index (χ2n) is 2.51. The number of hydrogen-bond donors (Lipinski definition) is 0. The molecule has 0 amide bonds. The molecule has 0 nitrogen and oxygen atoms in total. The highest BCUT2D eigenvalue weighted by Crippen LogP contribution is 1.94. The average Bonchev–Trinajstić information content (AvgIpc) is 2.05. The summed E-state index contributed by atoms with van der Waals surface area (Å²) in [4.78, 5) is 0. The summed E-state index contributed by atoms with van der Waals surface area (Å²) in [5.74, 6) is 0. The smallest absolute Gasteiger partial charge is 0.0184 e. The van der Waals surface area contributed by atoms with E-state index >= 15 is 0 Å². The van der Waals surface area contributed by atoms with Crippen LogP contribution in [-0.2, 0) is 0 Å². The first-order valence-corrected chi connectivity index (χ1v) is 4.23. The number of hydrogen-bond acceptors (Lipinski definition) is 0. The van der Waals surface area contributed by atoms with Gasteiger partial charge in [0.05, 0.1) is 0 Å². The summed E-state index contributed by atoms with van der Waals surface area (Å²) in [6.07, 6.45) is 23.5. The van der Waals surface area contributed by atoms with Gasteiger partial charge in [-0.1, -0.05) is 54.7 Å². The van der Waals surface area contributed by atoms with Crippen LogP contribution in [0, 0.1) is 6.08 Å². The molecule has 1 aliphatic rings. The predicted molar refractivity (Wildman–Crippen MR) is 53.6 cm³/mol. The van der Waals surface area contributed by atoms with Gasteiger partial charge in [0.1, 0.15) is 0 Å². The minimum atomic E-state index is 1.11. The van der Waals surface area contributed by atoms with E-state index in [4.69, 9.17) is 0 Å². The zero-order valence-corrected chi connectivity index (χ0v) is 7.11. The Morgan fingerprint density at radius 3 is 2.33 bits per heavy atom. The van der Waals surface area contributed by atoms with Crippen molar-refractivity contribution < 1.29 is 0 Å². The molecule has 1 radical (unpaired) electrons. The Morgan fingerprint density at radius 2 is 1.50 bits per heavy atom. The van der Waals surface area contributed by atoms with Crippen molar-refractivity contribution in [2.45, 2.75) is 12.8 Å². The van der Waals surface area contributed by atoms with E-state index < -0.39 is 0 Å². The maximum atomic E-state index is 3.03. The third-order valence-electron chi connectivity index (χ3n) is 1.49. The third-order valence-corrected chi connectivity index (χ3v) is 1.49. The number of allylic oxidation sites excluding steroid dienone is 10. The first-order chi connectivity index (χ1) is 6.00. The van der Waals surface area contributed by atoms with Gasteiger partial charge in [-0.15, -0.1) is 0 Å². The van der Waals surface area contributed by atoms with E-state index in [1.165, 1.54) is 0 Å². The van der Waals surface area contributed by atoms with Gasteiger partial charge in [0.15, 0.2) is 0 Å². The molecule has 0 saturated carbocycles. The Balaban J connectivity index is 2.55. The normalized spacial score (nSPS) is 17.3. The zero-order valence-electron chi connectivity index (χ0n) is 7.11. The van der Waals surface area contributed by atoms with Gasteiger partial charge in [0, 0.05) is 0 Å². The summed E-state index contributed by atoms with van der Waals surface area (Å²) in [5.41, 5.74) is 0. The van der Waals surface area contributed by atoms with Crippen LogP contribution in [0.3, 0.4) is 0 Å². The standard InChI is InChI=1S/C12H13/c1-2-4-6-8-10-12-11-9-7-5-3-1/h1-5,9-12H,6,8H2. The first kappa shape index (κ1) is 8.79. The van der Waals surface area contributed by atoms with Gasteiger partial charge in [0.2, 0.25) is 0 Å². The molecule has 0 unspecified atom stereocenters. The van der Waals surface area contributed by atoms with E-state index in [-0.39, 0.29) is 0 Å². The van der Waals surface area contributed by atoms with Crippen LogP contribution < -0.4 is 0 Å². The Morgan fingerprint density at radius 1 is 0.750 bits per heavy atom. The van der Waals surface area contributed by atoms with E-state index in [1.54, 1.807) is 0 Å². The van der Waals surface area contributed by atoms with Crippen LogP contribution >= 0.6 is 0 Å². The van der Waals surface area contributed by atoms with Gasteiger partial charge in [0.25, 0.3) is 0 Å². The fourth-order valence-electron chi connectivity index (χ4n) is 0.884. The lowest BCUT2D eigenvalue weighted by Crippen LogP contribution is -1.64. The quantitative estimate of drug-likeness (QED) is 0.505. The van der Waals surface area contributed by atoms with Crippen molar-refractivity contribution in [1.29, 1.82) is 0 Å². The van der Waals surface area contributed by atoms with Gasteiger partial charge < -0.3 is 0 Å². The van der Waals surface area contributed by atoms with E-state index in [1.807, 2.05) is 30.4 Å². The molecule has 0 spiro atoms. The summed E-state index contributed by atoms with van der Waals surface area (Å²) in [7, 11) is 0. The molecule has 0 heteroatoms. The van der Waals surface area contributed by atoms with Crippen LogP contribution in [-0.4, -0.2) is 0 Å². The van der Waals surface area contributed by atoms with Gasteiger partial charge in [-0.05, 0) is 18.9 Å². The van der Waals surface area contributed by atoms with Crippen molar-refractivity contribution in [2.75, 3.05) is 0 Å². The maximum Gasteiger partial charge on any atom is -0.0184 e. The van der Waals surface area contributed by atoms with E-state index in [0.717, 1.165) is 12.8 Å². The number of rotatable bonds is 0. The topological polar surface area (TPSA) is 0 Å². The first-order valence-electron chi connectivity index (χ1n) is 4.23. The second kappa shape index (κ2) is 6.41. The molecular formula is C12H13. The molecule has 0 N–H and O–H groups in total. The monoisotopic (exact) mass is 157 g/mol. The molecule has 1 rings (SSSR count). The Hall–Kier alpha value is -1.30. The summed E-state index contributed by atoms with van der Waals surface area (Å²) < 4.78 is 0. The molecule has 0 aromatic carbocycles. The average molecular weight is 157 g/mol. The summed E-state index contributed by atoms with van der Waals surface area (Å²) in [6, 6.07) is 0. The molecule has 0 saturated heterocycles. The highest BCUT2D eigenvalue weighted by atomic mass is 13.8. The van der Waals surface area contributed by atoms with Crippen molar-refractivity contribution in [3.05, 3.63) is 60.8 Å². The maximum absolute atomic E-state index is 3.03. The third kappa shape index (κ3) is 4.51. The van der Waals surface area contributed by atoms with Gasteiger partial charge in [-0.2, -0.15) is 0 Å². The van der Waals surface area contributed by atoms with E-state index in [2.05, 4.69) is 30.4 Å². The molecule has 0 heterocycles. The largest absolute Gasteiger partial charge is 0.0842 e. The van der Waals surface area contributed by atoms with Crippen molar-refractivity contribution in [3.63, 3.8) is 0 Å². The zero-order chi connectivity index (χ0) is 8.49. The molecule has 0 atom stereocenters. The lowest BCUT2D eigenvalue weighted by atomic mass is 10.2. The van der Waals surface area contributed by atoms with Gasteiger partial charge in [-0.25, -0.2) is 0 Å². The Labute approximate surface area is 74.3 Å². The summed E-state index contributed by atoms with van der Waals surface area (Å²) >= 11 is 0. The molecular weight excluding hydrogens is 144 g/mol. The summed E-state index contributed by atoms with van der Waals surface area (Å²) in [5, 5.41) is 0. The lowest BCUT2D eigenvalue weighted by Gasteiger charge is -1.84. The minimum absolute atomic E-state index is 1.11. The molecule has 1 aliphatic carbocycles. The highest BCUT2D eigenvalue weighted by Gasteiger charge is 1.74. The summed E-state index contributed by atoms with van der Waals surface area (Å²) in [6.45, 7) is 0. The van der Waals surface area contributed by atoms with Crippen molar-refractivity contribution >= 4 is 0 Å². The van der Waals surface area contributed by atoms with Crippen LogP contribution in [0.5, 0.6) is 0 Å². The molecule has 12 heavy (non-hydrogen) atoms. The van der Waals surface area contributed by atoms with Crippen molar-refractivity contribution in [1.82, 2.24) is 0 Å². The fraction of sp³-hybridized carbons (Fsp3) is 0.167. The van der Waals surface area contributed by atoms with Crippen molar-refractivity contribution in [2.24, 2.45) is 0 Å². The second-order valence-corrected chi connectivity index (χ2v) is 2.51. The highest BCUT2D eigenvalue weighted by molar-refractivity contribution is 5.15. The van der Waals surface area contributed by atoms with Crippen molar-refractivity contribution in [3.8, 4) is 0 Å². The molecule has 0 aromatic heterocycles. The van der Waals surface area contributed by atoms with E-state index in [0.29, 0.717) is 0 Å². The Kier molecular flexibility index (Phi) is 4.70. The fourth-order valence-corrected chi connectivity index (χ4v) is 0.884. The van der Waals surface area contributed by atoms with Crippen LogP contribution in [0.1, 0.15) is 12.8 Å². The van der Waals surface area contributed by atoms with Crippen LogP contribution in [0.2, 0.25) is 0 Å². The van der Waals surface area contributed by atoms with Gasteiger partial charge in [-0.3, -0.25) is 0 Å². The lowest BCUT2D eigenvalue weighted by molar-refractivity contribution is 1.05. The molecule has 0 aromatic rings. The Bertz CT molecular complexity index is 211. The molecule has 0 bridgehead atoms. The van der Waals surface area contributed by atoms with Gasteiger partial charge >= 0.3 is 0 Å². The molecule has 0 fully saturated rings. The SMILES string of the molecule is [C]1=CC=CC=CCCC=CC=C1. The van der Waals surface area contributed by atoms with Crippen LogP contribution in [0.25, 0.3) is 0 Å². The van der Waals surface area contributed by atoms with Crippen LogP contribution in [0.4, 0.5) is 0 Å². The predicted octanol–water partition coefficient (Wildman–Crippen LogP) is 3.36. The van der Waals surface area contributed by atoms with E-state index in [9.17, 15) is 0 Å². The molecule has 61 valence electrons. The molecule has 0 aliphatic heterocycles. The van der Waals surface area contributed by atoms with Crippen LogP contribution in [0.15, 0.2) is 54.7 Å². The minimum Gasteiger partial charge on any atom is -0.0842 e.